The van der Waals surface area contributed by atoms with Gasteiger partial charge >= 0.3 is 0 Å². The molecule has 0 aliphatic heterocycles. The minimum absolute atomic E-state index is 0.000348. The molecule has 0 spiro atoms. The largest absolute Gasteiger partial charge is 0.468 e. The molecular formula is C19H14ClF2NO4S. The fourth-order valence-corrected chi connectivity index (χ4v) is 4.26. The van der Waals surface area contributed by atoms with Crippen molar-refractivity contribution in [2.75, 3.05) is 6.54 Å². The summed E-state index contributed by atoms with van der Waals surface area (Å²) in [7, 11) is -3.93. The van der Waals surface area contributed by atoms with Gasteiger partial charge in [-0.15, -0.1) is 0 Å². The maximum Gasteiger partial charge on any atom is 0.251 e. The zero-order valence-corrected chi connectivity index (χ0v) is 15.8. The van der Waals surface area contributed by atoms with Crippen molar-refractivity contribution in [3.05, 3.63) is 88.8 Å². The fraction of sp³-hybridized carbons (Fsp3) is 0.105. The van der Waals surface area contributed by atoms with Crippen LogP contribution in [0.5, 0.6) is 0 Å². The van der Waals surface area contributed by atoms with E-state index in [0.717, 1.165) is 18.2 Å². The smallest absolute Gasteiger partial charge is 0.251 e. The lowest BCUT2D eigenvalue weighted by molar-refractivity contribution is 0.0952. The molecule has 0 saturated heterocycles. The first kappa shape index (κ1) is 20.0. The number of furan rings is 1. The highest BCUT2D eigenvalue weighted by molar-refractivity contribution is 7.91. The van der Waals surface area contributed by atoms with Gasteiger partial charge in [-0.3, -0.25) is 4.79 Å². The average Bonchev–Trinajstić information content (AvgIpc) is 3.18. The molecule has 0 aliphatic rings. The molecule has 9 heteroatoms. The number of amides is 1. The van der Waals surface area contributed by atoms with Gasteiger partial charge in [-0.05, 0) is 54.6 Å². The van der Waals surface area contributed by atoms with Crippen LogP contribution in [0.4, 0.5) is 8.78 Å². The van der Waals surface area contributed by atoms with Crippen molar-refractivity contribution < 1.29 is 26.4 Å². The third-order valence-electron chi connectivity index (χ3n) is 4.01. The van der Waals surface area contributed by atoms with E-state index < -0.39 is 32.6 Å². The molecule has 0 fully saturated rings. The minimum atomic E-state index is -3.93. The van der Waals surface area contributed by atoms with Gasteiger partial charge in [-0.1, -0.05) is 11.6 Å². The molecule has 1 aromatic heterocycles. The molecule has 1 heterocycles. The Hall–Kier alpha value is -2.71. The SMILES string of the molecule is O=C(NCC(c1ccco1)S(=O)(=O)c1ccc(Cl)cc1)c1ccc(F)c(F)c1. The molecule has 3 aromatic rings. The molecule has 5 nitrogen and oxygen atoms in total. The van der Waals surface area contributed by atoms with Crippen LogP contribution in [0.15, 0.2) is 70.2 Å². The predicted molar refractivity (Wildman–Crippen MR) is 98.8 cm³/mol. The van der Waals surface area contributed by atoms with Gasteiger partial charge in [0.2, 0.25) is 0 Å². The van der Waals surface area contributed by atoms with Crippen LogP contribution in [-0.4, -0.2) is 20.9 Å². The normalized spacial score (nSPS) is 12.5. The van der Waals surface area contributed by atoms with Crippen LogP contribution in [0.25, 0.3) is 0 Å². The number of rotatable bonds is 6. The Morgan fingerprint density at radius 2 is 1.79 bits per heavy atom. The maximum atomic E-state index is 13.3. The Kier molecular flexibility index (Phi) is 5.81. The Morgan fingerprint density at radius 3 is 2.39 bits per heavy atom. The number of nitrogens with one attached hydrogen (secondary N) is 1. The minimum Gasteiger partial charge on any atom is -0.468 e. The summed E-state index contributed by atoms with van der Waals surface area (Å²) in [6, 6.07) is 11.2. The molecule has 146 valence electrons. The Labute approximate surface area is 164 Å². The molecule has 0 aliphatic carbocycles. The van der Waals surface area contributed by atoms with Crippen molar-refractivity contribution >= 4 is 27.3 Å². The van der Waals surface area contributed by atoms with E-state index in [1.165, 1.54) is 42.7 Å². The van der Waals surface area contributed by atoms with Gasteiger partial charge in [0.15, 0.2) is 21.5 Å². The van der Waals surface area contributed by atoms with Crippen LogP contribution in [0.3, 0.4) is 0 Å². The number of sulfone groups is 1. The second-order valence-electron chi connectivity index (χ2n) is 5.84. The lowest BCUT2D eigenvalue weighted by Crippen LogP contribution is -2.31. The van der Waals surface area contributed by atoms with E-state index >= 15 is 0 Å². The predicted octanol–water partition coefficient (Wildman–Crippen LogP) is 4.16. The molecule has 3 rings (SSSR count). The van der Waals surface area contributed by atoms with Crippen molar-refractivity contribution in [3.8, 4) is 0 Å². The van der Waals surface area contributed by atoms with Gasteiger partial charge < -0.3 is 9.73 Å². The molecule has 0 saturated carbocycles. The number of hydrogen-bond acceptors (Lipinski definition) is 4. The first-order chi connectivity index (χ1) is 13.3. The maximum absolute atomic E-state index is 13.3. The highest BCUT2D eigenvalue weighted by Crippen LogP contribution is 2.29. The third kappa shape index (κ3) is 4.23. The van der Waals surface area contributed by atoms with Crippen molar-refractivity contribution in [2.45, 2.75) is 10.1 Å². The van der Waals surface area contributed by atoms with Crippen LogP contribution in [-0.2, 0) is 9.84 Å². The number of hydrogen-bond donors (Lipinski definition) is 1. The zero-order chi connectivity index (χ0) is 20.3. The first-order valence-electron chi connectivity index (χ1n) is 8.05. The van der Waals surface area contributed by atoms with Crippen molar-refractivity contribution in [2.24, 2.45) is 0 Å². The van der Waals surface area contributed by atoms with E-state index in [-0.39, 0.29) is 22.8 Å². The van der Waals surface area contributed by atoms with Gasteiger partial charge in [0, 0.05) is 17.1 Å². The summed E-state index contributed by atoms with van der Waals surface area (Å²) in [5.41, 5.74) is -0.138. The number of halogens is 3. The summed E-state index contributed by atoms with van der Waals surface area (Å²) in [4.78, 5) is 12.2. The van der Waals surface area contributed by atoms with Gasteiger partial charge in [0.1, 0.15) is 11.0 Å². The summed E-state index contributed by atoms with van der Waals surface area (Å²) >= 11 is 5.81. The molecule has 2 aromatic carbocycles. The monoisotopic (exact) mass is 425 g/mol. The molecular weight excluding hydrogens is 412 g/mol. The molecule has 1 amide bonds. The second kappa shape index (κ2) is 8.12. The molecule has 1 atom stereocenters. The lowest BCUT2D eigenvalue weighted by atomic mass is 10.2. The van der Waals surface area contributed by atoms with Crippen LogP contribution in [0.1, 0.15) is 21.4 Å². The standard InChI is InChI=1S/C19H14ClF2NO4S/c20-13-4-6-14(7-5-13)28(25,26)18(17-2-1-9-27-17)11-23-19(24)12-3-8-15(21)16(22)10-12/h1-10,18H,11H2,(H,23,24). The molecule has 1 N–H and O–H groups in total. The van der Waals surface area contributed by atoms with Crippen LogP contribution < -0.4 is 5.32 Å². The number of benzene rings is 2. The summed E-state index contributed by atoms with van der Waals surface area (Å²) in [6.07, 6.45) is 1.32. The molecule has 0 radical (unpaired) electrons. The van der Waals surface area contributed by atoms with Gasteiger partial charge in [0.25, 0.3) is 5.91 Å². The Balaban J connectivity index is 1.86. The molecule has 28 heavy (non-hydrogen) atoms. The second-order valence-corrected chi connectivity index (χ2v) is 8.41. The average molecular weight is 426 g/mol. The highest BCUT2D eigenvalue weighted by Gasteiger charge is 2.32. The highest BCUT2D eigenvalue weighted by atomic mass is 35.5. The summed E-state index contributed by atoms with van der Waals surface area (Å²) in [5.74, 6) is -2.89. The van der Waals surface area contributed by atoms with Gasteiger partial charge in [-0.2, -0.15) is 0 Å². The van der Waals surface area contributed by atoms with E-state index in [1.54, 1.807) is 0 Å². The Morgan fingerprint density at radius 1 is 1.07 bits per heavy atom. The van der Waals surface area contributed by atoms with E-state index in [9.17, 15) is 22.0 Å². The third-order valence-corrected chi connectivity index (χ3v) is 6.34. The van der Waals surface area contributed by atoms with E-state index in [1.807, 2.05) is 0 Å². The number of carbonyl (C=O) groups is 1. The zero-order valence-electron chi connectivity index (χ0n) is 14.2. The topological polar surface area (TPSA) is 76.4 Å². The molecule has 1 unspecified atom stereocenters. The summed E-state index contributed by atoms with van der Waals surface area (Å²) in [6.45, 7) is -0.337. The summed E-state index contributed by atoms with van der Waals surface area (Å²) < 4.78 is 57.6. The van der Waals surface area contributed by atoms with E-state index in [0.29, 0.717) is 5.02 Å². The fourth-order valence-electron chi connectivity index (χ4n) is 2.55. The van der Waals surface area contributed by atoms with Gasteiger partial charge in [0.05, 0.1) is 11.2 Å². The van der Waals surface area contributed by atoms with E-state index in [2.05, 4.69) is 5.32 Å². The summed E-state index contributed by atoms with van der Waals surface area (Å²) in [5, 5.41) is 1.58. The van der Waals surface area contributed by atoms with Crippen molar-refractivity contribution in [1.82, 2.24) is 5.32 Å². The molecule has 0 bridgehead atoms. The van der Waals surface area contributed by atoms with E-state index in [4.69, 9.17) is 16.0 Å². The lowest BCUT2D eigenvalue weighted by Gasteiger charge is -2.17. The van der Waals surface area contributed by atoms with Crippen LogP contribution in [0.2, 0.25) is 5.02 Å². The number of carbonyl (C=O) groups excluding carboxylic acids is 1. The van der Waals surface area contributed by atoms with Crippen molar-refractivity contribution in [1.29, 1.82) is 0 Å². The Bertz CT molecular complexity index is 1080. The quantitative estimate of drug-likeness (QED) is 0.643. The van der Waals surface area contributed by atoms with Crippen LogP contribution >= 0.6 is 11.6 Å². The van der Waals surface area contributed by atoms with Gasteiger partial charge in [-0.25, -0.2) is 17.2 Å². The van der Waals surface area contributed by atoms with Crippen LogP contribution in [0, 0.1) is 11.6 Å². The van der Waals surface area contributed by atoms with Crippen molar-refractivity contribution in [3.63, 3.8) is 0 Å². The first-order valence-corrected chi connectivity index (χ1v) is 9.97.